The average Bonchev–Trinajstić information content (AvgIpc) is 3.12. The Hall–Kier alpha value is -4.00. The van der Waals surface area contributed by atoms with Crippen molar-refractivity contribution in [2.75, 3.05) is 11.5 Å². The molecule has 0 unspecified atom stereocenters. The van der Waals surface area contributed by atoms with Crippen LogP contribution in [0.5, 0.6) is 5.75 Å². The molecule has 2 aromatic carbocycles. The number of anilines is 1. The smallest absolute Gasteiger partial charge is 0.296 e. The van der Waals surface area contributed by atoms with Crippen LogP contribution < -0.4 is 15.1 Å². The molecule has 1 aliphatic heterocycles. The van der Waals surface area contributed by atoms with Crippen LogP contribution in [0.4, 0.5) is 10.2 Å². The van der Waals surface area contributed by atoms with Crippen LogP contribution in [0.15, 0.2) is 70.0 Å². The second-order valence-corrected chi connectivity index (χ2v) is 8.36. The number of unbranched alkanes of at least 4 members (excludes halogenated alkanes) is 1. The maximum Gasteiger partial charge on any atom is 0.296 e. The first kappa shape index (κ1) is 21.8. The lowest BCUT2D eigenvalue weighted by atomic mass is 9.98. The molecule has 0 saturated heterocycles. The minimum Gasteiger partial charge on any atom is -0.494 e. The second kappa shape index (κ2) is 8.74. The van der Waals surface area contributed by atoms with Crippen LogP contribution >= 0.6 is 0 Å². The summed E-state index contributed by atoms with van der Waals surface area (Å²) in [5.41, 5.74) is 1.47. The van der Waals surface area contributed by atoms with Gasteiger partial charge >= 0.3 is 0 Å². The SMILES string of the molecule is CCCCOc1cccc([C@H]2c3c(oc4ccc(F)cc4c3=O)C(=O)N2c2cc(C)ccn2)c1. The minimum atomic E-state index is -0.796. The van der Waals surface area contributed by atoms with Crippen LogP contribution in [-0.4, -0.2) is 17.5 Å². The van der Waals surface area contributed by atoms with Crippen molar-refractivity contribution in [3.8, 4) is 5.75 Å². The minimum absolute atomic E-state index is 0.0604. The number of fused-ring (bicyclic) bond motifs is 2. The average molecular weight is 458 g/mol. The van der Waals surface area contributed by atoms with Gasteiger partial charge in [0.1, 0.15) is 23.0 Å². The third kappa shape index (κ3) is 3.73. The number of aryl methyl sites for hydroxylation is 1. The van der Waals surface area contributed by atoms with E-state index in [1.807, 2.05) is 37.3 Å². The molecule has 2 aromatic heterocycles. The largest absolute Gasteiger partial charge is 0.494 e. The molecule has 0 bridgehead atoms. The summed E-state index contributed by atoms with van der Waals surface area (Å²) >= 11 is 0. The number of hydrogen-bond acceptors (Lipinski definition) is 5. The third-order valence-electron chi connectivity index (χ3n) is 5.92. The van der Waals surface area contributed by atoms with E-state index >= 15 is 0 Å². The Kier molecular flexibility index (Phi) is 5.61. The van der Waals surface area contributed by atoms with Crippen molar-refractivity contribution in [1.29, 1.82) is 0 Å². The summed E-state index contributed by atoms with van der Waals surface area (Å²) in [4.78, 5) is 33.0. The molecule has 1 amide bonds. The molecule has 1 atom stereocenters. The van der Waals surface area contributed by atoms with E-state index in [9.17, 15) is 14.0 Å². The van der Waals surface area contributed by atoms with Gasteiger partial charge in [0.25, 0.3) is 5.91 Å². The Morgan fingerprint density at radius 1 is 1.12 bits per heavy atom. The number of halogens is 1. The van der Waals surface area contributed by atoms with Gasteiger partial charge in [0.2, 0.25) is 5.76 Å². The first-order chi connectivity index (χ1) is 16.5. The molecule has 0 aliphatic carbocycles. The molecule has 3 heterocycles. The molecule has 5 rings (SSSR count). The van der Waals surface area contributed by atoms with Gasteiger partial charge < -0.3 is 9.15 Å². The van der Waals surface area contributed by atoms with E-state index in [1.165, 1.54) is 17.0 Å². The number of pyridine rings is 1. The van der Waals surface area contributed by atoms with Crippen LogP contribution in [0.2, 0.25) is 0 Å². The molecule has 0 N–H and O–H groups in total. The first-order valence-electron chi connectivity index (χ1n) is 11.2. The Morgan fingerprint density at radius 3 is 2.76 bits per heavy atom. The van der Waals surface area contributed by atoms with Gasteiger partial charge in [-0.15, -0.1) is 0 Å². The Bertz CT molecular complexity index is 1460. The molecular formula is C27H23FN2O4. The highest BCUT2D eigenvalue weighted by Gasteiger charge is 2.44. The van der Waals surface area contributed by atoms with Crippen molar-refractivity contribution in [3.63, 3.8) is 0 Å². The number of aromatic nitrogens is 1. The van der Waals surface area contributed by atoms with E-state index in [4.69, 9.17) is 9.15 Å². The summed E-state index contributed by atoms with van der Waals surface area (Å²) in [7, 11) is 0. The fourth-order valence-corrected chi connectivity index (χ4v) is 4.26. The number of carbonyl (C=O) groups is 1. The summed E-state index contributed by atoms with van der Waals surface area (Å²) in [5.74, 6) is -0.0498. The second-order valence-electron chi connectivity index (χ2n) is 8.36. The van der Waals surface area contributed by atoms with Gasteiger partial charge in [-0.05, 0) is 66.9 Å². The molecule has 7 heteroatoms. The van der Waals surface area contributed by atoms with Gasteiger partial charge in [-0.3, -0.25) is 14.5 Å². The molecule has 4 aromatic rings. The molecule has 1 aliphatic rings. The number of rotatable bonds is 6. The predicted molar refractivity (Wildman–Crippen MR) is 127 cm³/mol. The van der Waals surface area contributed by atoms with Gasteiger partial charge in [-0.25, -0.2) is 9.37 Å². The Morgan fingerprint density at radius 2 is 1.97 bits per heavy atom. The molecule has 0 spiro atoms. The summed E-state index contributed by atoms with van der Waals surface area (Å²) in [6, 6.07) is 13.8. The van der Waals surface area contributed by atoms with Crippen LogP contribution in [-0.2, 0) is 0 Å². The quantitative estimate of drug-likeness (QED) is 0.354. The van der Waals surface area contributed by atoms with Crippen LogP contribution in [0.1, 0.15) is 53.1 Å². The lowest BCUT2D eigenvalue weighted by Gasteiger charge is -2.24. The van der Waals surface area contributed by atoms with E-state index in [1.54, 1.807) is 12.3 Å². The molecule has 172 valence electrons. The molecular weight excluding hydrogens is 435 g/mol. The topological polar surface area (TPSA) is 72.6 Å². The Balaban J connectivity index is 1.72. The molecule has 0 fully saturated rings. The lowest BCUT2D eigenvalue weighted by molar-refractivity contribution is 0.0970. The standard InChI is InChI=1S/C27H23FN2O4/c1-3-4-12-33-19-7-5-6-17(14-19)24-23-25(31)20-15-18(28)8-9-21(20)34-26(23)27(32)30(24)22-13-16(2)10-11-29-22/h5-11,13-15,24H,3-4,12H2,1-2H3/t24-/m0/s1. The molecule has 6 nitrogen and oxygen atoms in total. The number of nitrogens with zero attached hydrogens (tertiary/aromatic N) is 2. The number of carbonyl (C=O) groups excluding carboxylic acids is 1. The van der Waals surface area contributed by atoms with Crippen LogP contribution in [0, 0.1) is 12.7 Å². The number of amides is 1. The van der Waals surface area contributed by atoms with Crippen molar-refractivity contribution in [3.05, 3.63) is 99.3 Å². The first-order valence-corrected chi connectivity index (χ1v) is 11.2. The van der Waals surface area contributed by atoms with E-state index in [0.29, 0.717) is 23.7 Å². The highest BCUT2D eigenvalue weighted by molar-refractivity contribution is 6.10. The van der Waals surface area contributed by atoms with E-state index in [2.05, 4.69) is 11.9 Å². The zero-order valence-corrected chi connectivity index (χ0v) is 18.9. The summed E-state index contributed by atoms with van der Waals surface area (Å²) in [6.45, 7) is 4.55. The van der Waals surface area contributed by atoms with Crippen molar-refractivity contribution in [2.24, 2.45) is 0 Å². The Labute approximate surface area is 195 Å². The number of benzene rings is 2. The van der Waals surface area contributed by atoms with Gasteiger partial charge in [-0.2, -0.15) is 0 Å². The van der Waals surface area contributed by atoms with Crippen molar-refractivity contribution < 1.29 is 18.3 Å². The highest BCUT2D eigenvalue weighted by atomic mass is 19.1. The monoisotopic (exact) mass is 458 g/mol. The van der Waals surface area contributed by atoms with E-state index in [0.717, 1.165) is 24.5 Å². The predicted octanol–water partition coefficient (Wildman–Crippen LogP) is 5.56. The highest BCUT2D eigenvalue weighted by Crippen LogP contribution is 2.41. The fourth-order valence-electron chi connectivity index (χ4n) is 4.26. The maximum atomic E-state index is 14.0. The maximum absolute atomic E-state index is 14.0. The zero-order valence-electron chi connectivity index (χ0n) is 18.9. The van der Waals surface area contributed by atoms with Gasteiger partial charge in [0.15, 0.2) is 5.43 Å². The number of ether oxygens (including phenoxy) is 1. The molecule has 34 heavy (non-hydrogen) atoms. The van der Waals surface area contributed by atoms with Crippen molar-refractivity contribution in [1.82, 2.24) is 4.98 Å². The van der Waals surface area contributed by atoms with Crippen molar-refractivity contribution in [2.45, 2.75) is 32.7 Å². The van der Waals surface area contributed by atoms with E-state index in [-0.39, 0.29) is 22.3 Å². The molecule has 0 radical (unpaired) electrons. The van der Waals surface area contributed by atoms with Crippen molar-refractivity contribution >= 4 is 22.7 Å². The fraction of sp³-hybridized carbons (Fsp3) is 0.222. The summed E-state index contributed by atoms with van der Waals surface area (Å²) in [6.07, 6.45) is 3.53. The summed E-state index contributed by atoms with van der Waals surface area (Å²) in [5, 5.41) is 0.0888. The molecule has 0 saturated carbocycles. The van der Waals surface area contributed by atoms with Gasteiger partial charge in [-0.1, -0.05) is 25.5 Å². The van der Waals surface area contributed by atoms with E-state index < -0.39 is 23.2 Å². The van der Waals surface area contributed by atoms with Crippen LogP contribution in [0.3, 0.4) is 0 Å². The number of hydrogen-bond donors (Lipinski definition) is 0. The lowest BCUT2D eigenvalue weighted by Crippen LogP contribution is -2.30. The van der Waals surface area contributed by atoms with Crippen LogP contribution in [0.25, 0.3) is 11.0 Å². The normalized spacial score (nSPS) is 15.1. The van der Waals surface area contributed by atoms with Gasteiger partial charge in [0.05, 0.1) is 23.6 Å². The summed E-state index contributed by atoms with van der Waals surface area (Å²) < 4.78 is 25.7. The third-order valence-corrected chi connectivity index (χ3v) is 5.92. The zero-order chi connectivity index (χ0) is 23.8. The van der Waals surface area contributed by atoms with Gasteiger partial charge in [0, 0.05) is 6.20 Å².